The largest absolute Gasteiger partial charge is 0.497 e. The van der Waals surface area contributed by atoms with E-state index in [0.717, 1.165) is 18.4 Å². The van der Waals surface area contributed by atoms with Gasteiger partial charge in [-0.25, -0.2) is 4.98 Å². The van der Waals surface area contributed by atoms with Gasteiger partial charge in [0.05, 0.1) is 7.11 Å². The predicted molar refractivity (Wildman–Crippen MR) is 79.3 cm³/mol. The number of aromatic nitrogens is 1. The van der Waals surface area contributed by atoms with E-state index in [4.69, 9.17) is 9.15 Å². The summed E-state index contributed by atoms with van der Waals surface area (Å²) < 4.78 is 10.5. The fraction of sp³-hybridized carbons (Fsp3) is 0.176. The second kappa shape index (κ2) is 5.79. The Labute approximate surface area is 122 Å². The van der Waals surface area contributed by atoms with Crippen LogP contribution < -0.4 is 4.74 Å². The van der Waals surface area contributed by atoms with E-state index in [-0.39, 0.29) is 5.78 Å². The number of methoxy groups -OCH3 is 1. The number of carbonyl (C=O) groups is 1. The van der Waals surface area contributed by atoms with E-state index in [9.17, 15) is 4.79 Å². The highest BCUT2D eigenvalue weighted by Gasteiger charge is 2.16. The standard InChI is InChI=1S/C17H15NO3/c1-20-14-9-7-12(8-10-14)16(19)15-11-21-17(18-15)13-5-3-2-4-6-13/h3,5-11H,2,4H2,1H3. The highest BCUT2D eigenvalue weighted by Crippen LogP contribution is 2.22. The van der Waals surface area contributed by atoms with Gasteiger partial charge >= 0.3 is 0 Å². The molecule has 2 aromatic rings. The van der Waals surface area contributed by atoms with Crippen LogP contribution in [0.3, 0.4) is 0 Å². The zero-order valence-corrected chi connectivity index (χ0v) is 11.7. The molecular formula is C17H15NO3. The van der Waals surface area contributed by atoms with Crippen molar-refractivity contribution < 1.29 is 13.9 Å². The first-order valence-electron chi connectivity index (χ1n) is 6.79. The SMILES string of the molecule is COc1ccc(C(=O)c2coc(C3=CCCC=C3)n2)cc1. The quantitative estimate of drug-likeness (QED) is 0.803. The third-order valence-electron chi connectivity index (χ3n) is 3.33. The van der Waals surface area contributed by atoms with Crippen molar-refractivity contribution in [1.82, 2.24) is 4.98 Å². The third-order valence-corrected chi connectivity index (χ3v) is 3.33. The van der Waals surface area contributed by atoms with Crippen molar-refractivity contribution in [2.45, 2.75) is 12.8 Å². The van der Waals surface area contributed by atoms with Crippen LogP contribution in [0.5, 0.6) is 5.75 Å². The van der Waals surface area contributed by atoms with E-state index in [1.165, 1.54) is 6.26 Å². The summed E-state index contributed by atoms with van der Waals surface area (Å²) in [4.78, 5) is 16.6. The molecule has 0 atom stereocenters. The summed E-state index contributed by atoms with van der Waals surface area (Å²) in [6.07, 6.45) is 9.51. The molecule has 1 aliphatic carbocycles. The highest BCUT2D eigenvalue weighted by molar-refractivity contribution is 6.07. The third kappa shape index (κ3) is 2.79. The minimum Gasteiger partial charge on any atom is -0.497 e. The van der Waals surface area contributed by atoms with Gasteiger partial charge in [-0.05, 0) is 37.1 Å². The fourth-order valence-electron chi connectivity index (χ4n) is 2.17. The van der Waals surface area contributed by atoms with E-state index in [2.05, 4.69) is 17.1 Å². The van der Waals surface area contributed by atoms with Gasteiger partial charge in [-0.1, -0.05) is 18.2 Å². The summed E-state index contributed by atoms with van der Waals surface area (Å²) in [7, 11) is 1.59. The van der Waals surface area contributed by atoms with Crippen LogP contribution in [0, 0.1) is 0 Å². The molecule has 0 radical (unpaired) electrons. The molecule has 1 aromatic heterocycles. The molecule has 0 bridgehead atoms. The molecular weight excluding hydrogens is 266 g/mol. The van der Waals surface area contributed by atoms with Crippen molar-refractivity contribution in [3.63, 3.8) is 0 Å². The Balaban J connectivity index is 1.83. The van der Waals surface area contributed by atoms with Gasteiger partial charge in [-0.2, -0.15) is 0 Å². The molecule has 0 spiro atoms. The normalized spacial score (nSPS) is 13.9. The van der Waals surface area contributed by atoms with Gasteiger partial charge in [0.25, 0.3) is 0 Å². The highest BCUT2D eigenvalue weighted by atomic mass is 16.5. The first kappa shape index (κ1) is 13.4. The van der Waals surface area contributed by atoms with Gasteiger partial charge < -0.3 is 9.15 Å². The van der Waals surface area contributed by atoms with Crippen LogP contribution in [0.1, 0.15) is 34.8 Å². The number of nitrogens with zero attached hydrogens (tertiary/aromatic N) is 1. The maximum atomic E-state index is 12.3. The second-order valence-electron chi connectivity index (χ2n) is 4.73. The van der Waals surface area contributed by atoms with Gasteiger partial charge in [0.2, 0.25) is 11.7 Å². The van der Waals surface area contributed by atoms with Crippen molar-refractivity contribution in [1.29, 1.82) is 0 Å². The molecule has 0 fully saturated rings. The molecule has 1 aliphatic rings. The van der Waals surface area contributed by atoms with Crippen LogP contribution in [-0.4, -0.2) is 17.9 Å². The Morgan fingerprint density at radius 2 is 2.05 bits per heavy atom. The Morgan fingerprint density at radius 3 is 2.71 bits per heavy atom. The summed E-state index contributed by atoms with van der Waals surface area (Å²) in [5, 5.41) is 0. The molecule has 1 heterocycles. The molecule has 4 nitrogen and oxygen atoms in total. The topological polar surface area (TPSA) is 52.3 Å². The Bertz CT molecular complexity index is 708. The van der Waals surface area contributed by atoms with Crippen LogP contribution >= 0.6 is 0 Å². The first-order chi connectivity index (χ1) is 10.3. The smallest absolute Gasteiger partial charge is 0.226 e. The lowest BCUT2D eigenvalue weighted by Crippen LogP contribution is -2.02. The Hall–Kier alpha value is -2.62. The van der Waals surface area contributed by atoms with Crippen LogP contribution in [0.15, 0.2) is 53.2 Å². The average Bonchev–Trinajstić information content (AvgIpc) is 3.05. The van der Waals surface area contributed by atoms with Crippen molar-refractivity contribution in [2.75, 3.05) is 7.11 Å². The first-order valence-corrected chi connectivity index (χ1v) is 6.79. The molecule has 0 unspecified atom stereocenters. The van der Waals surface area contributed by atoms with E-state index in [1.807, 2.05) is 6.08 Å². The summed E-state index contributed by atoms with van der Waals surface area (Å²) in [5.74, 6) is 1.04. The maximum absolute atomic E-state index is 12.3. The molecule has 0 saturated carbocycles. The Morgan fingerprint density at radius 1 is 1.24 bits per heavy atom. The predicted octanol–water partition coefficient (Wildman–Crippen LogP) is 3.65. The monoisotopic (exact) mass is 281 g/mol. The van der Waals surface area contributed by atoms with Crippen LogP contribution in [0.4, 0.5) is 0 Å². The molecule has 0 saturated heterocycles. The number of oxazole rings is 1. The van der Waals surface area contributed by atoms with Crippen molar-refractivity contribution in [3.05, 3.63) is 65.9 Å². The number of allylic oxidation sites excluding steroid dienone is 4. The van der Waals surface area contributed by atoms with Crippen LogP contribution in [0.2, 0.25) is 0 Å². The molecule has 3 rings (SSSR count). The minimum absolute atomic E-state index is 0.159. The Kier molecular flexibility index (Phi) is 3.69. The number of hydrogen-bond acceptors (Lipinski definition) is 4. The van der Waals surface area contributed by atoms with Gasteiger partial charge in [0.1, 0.15) is 12.0 Å². The van der Waals surface area contributed by atoms with E-state index in [0.29, 0.717) is 22.9 Å². The lowest BCUT2D eigenvalue weighted by atomic mass is 10.1. The average molecular weight is 281 g/mol. The van der Waals surface area contributed by atoms with E-state index >= 15 is 0 Å². The molecule has 0 N–H and O–H groups in total. The minimum atomic E-state index is -0.159. The molecule has 4 heteroatoms. The van der Waals surface area contributed by atoms with Crippen LogP contribution in [0.25, 0.3) is 5.57 Å². The van der Waals surface area contributed by atoms with Crippen LogP contribution in [-0.2, 0) is 0 Å². The van der Waals surface area contributed by atoms with E-state index in [1.54, 1.807) is 31.4 Å². The molecule has 21 heavy (non-hydrogen) atoms. The van der Waals surface area contributed by atoms with Gasteiger partial charge in [0, 0.05) is 11.1 Å². The number of carbonyl (C=O) groups excluding carboxylic acids is 1. The zero-order valence-electron chi connectivity index (χ0n) is 11.7. The summed E-state index contributed by atoms with van der Waals surface area (Å²) in [6, 6.07) is 6.94. The molecule has 106 valence electrons. The number of ether oxygens (including phenoxy) is 1. The lowest BCUT2D eigenvalue weighted by Gasteiger charge is -2.01. The number of hydrogen-bond donors (Lipinski definition) is 0. The fourth-order valence-corrected chi connectivity index (χ4v) is 2.17. The van der Waals surface area contributed by atoms with Crippen molar-refractivity contribution in [3.8, 4) is 5.75 Å². The molecule has 0 amide bonds. The zero-order chi connectivity index (χ0) is 14.7. The van der Waals surface area contributed by atoms with Gasteiger partial charge in [0.15, 0.2) is 5.69 Å². The summed E-state index contributed by atoms with van der Waals surface area (Å²) in [6.45, 7) is 0. The maximum Gasteiger partial charge on any atom is 0.226 e. The van der Waals surface area contributed by atoms with Crippen molar-refractivity contribution >= 4 is 11.4 Å². The second-order valence-corrected chi connectivity index (χ2v) is 4.73. The number of benzene rings is 1. The summed E-state index contributed by atoms with van der Waals surface area (Å²) in [5.41, 5.74) is 1.80. The van der Waals surface area contributed by atoms with Gasteiger partial charge in [-0.15, -0.1) is 0 Å². The number of ketones is 1. The van der Waals surface area contributed by atoms with E-state index < -0.39 is 0 Å². The van der Waals surface area contributed by atoms with Crippen molar-refractivity contribution in [2.24, 2.45) is 0 Å². The summed E-state index contributed by atoms with van der Waals surface area (Å²) >= 11 is 0. The lowest BCUT2D eigenvalue weighted by molar-refractivity contribution is 0.103. The number of rotatable bonds is 4. The molecule has 1 aromatic carbocycles. The molecule has 0 aliphatic heterocycles. The van der Waals surface area contributed by atoms with Gasteiger partial charge in [-0.3, -0.25) is 4.79 Å².